The fourth-order valence-electron chi connectivity index (χ4n) is 2.33. The van der Waals surface area contributed by atoms with Gasteiger partial charge in [-0.05, 0) is 19.3 Å². The molecular weight excluding hydrogens is 289 g/mol. The van der Waals surface area contributed by atoms with Crippen LogP contribution in [0.2, 0.25) is 0 Å². The van der Waals surface area contributed by atoms with Crippen molar-refractivity contribution in [3.63, 3.8) is 0 Å². The zero-order valence-corrected chi connectivity index (χ0v) is 13.4. The summed E-state index contributed by atoms with van der Waals surface area (Å²) in [5.74, 6) is 0.583. The number of urea groups is 1. The van der Waals surface area contributed by atoms with Gasteiger partial charge in [-0.1, -0.05) is 30.3 Å². The fraction of sp³-hybridized carbons (Fsp3) is 0.188. The van der Waals surface area contributed by atoms with Crippen molar-refractivity contribution in [2.24, 2.45) is 0 Å². The maximum absolute atomic E-state index is 12.0. The van der Waals surface area contributed by atoms with Crippen LogP contribution < -0.4 is 16.1 Å². The van der Waals surface area contributed by atoms with Crippen LogP contribution in [0.4, 0.5) is 10.6 Å². The Hall–Kier alpha value is -2.83. The van der Waals surface area contributed by atoms with E-state index in [1.54, 1.807) is 10.7 Å². The lowest BCUT2D eigenvalue weighted by Crippen LogP contribution is -2.34. The number of nitrogens with one attached hydrogen (secondary N) is 2. The third kappa shape index (κ3) is 3.18. The predicted octanol–water partition coefficient (Wildman–Crippen LogP) is 1.18. The molecule has 0 unspecified atom stereocenters. The van der Waals surface area contributed by atoms with Crippen LogP contribution in [0, 0.1) is 0 Å². The van der Waals surface area contributed by atoms with E-state index >= 15 is 0 Å². The average molecular weight is 307 g/mol. The fourth-order valence-corrected chi connectivity index (χ4v) is 2.33. The Balaban J connectivity index is 2.07. The number of hydrogen-bond acceptors (Lipinski definition) is 3. The number of rotatable bonds is 3. The quantitative estimate of drug-likeness (QED) is 0.714. The Labute approximate surface area is 135 Å². The van der Waals surface area contributed by atoms with E-state index in [2.05, 4.69) is 20.7 Å². The van der Waals surface area contributed by atoms with Gasteiger partial charge in [-0.15, -0.1) is 0 Å². The summed E-state index contributed by atoms with van der Waals surface area (Å²) in [5.41, 5.74) is 3.46. The van der Waals surface area contributed by atoms with Gasteiger partial charge in [0.1, 0.15) is 13.7 Å². The highest BCUT2D eigenvalue weighted by Gasteiger charge is 2.13. The van der Waals surface area contributed by atoms with E-state index in [0.717, 1.165) is 22.4 Å². The molecule has 23 heavy (non-hydrogen) atoms. The summed E-state index contributed by atoms with van der Waals surface area (Å²) in [4.78, 5) is 16.7. The summed E-state index contributed by atoms with van der Waals surface area (Å²) in [7, 11) is 1.95. The SMILES string of the molecule is Bc1cnn2c(NC(=O)NC(C)C)cc(-c3ccccc3)nc12. The van der Waals surface area contributed by atoms with Crippen LogP contribution >= 0.6 is 0 Å². The van der Waals surface area contributed by atoms with Crippen LogP contribution in [-0.2, 0) is 0 Å². The van der Waals surface area contributed by atoms with Crippen LogP contribution in [0.5, 0.6) is 0 Å². The van der Waals surface area contributed by atoms with Gasteiger partial charge in [-0.25, -0.2) is 9.78 Å². The van der Waals surface area contributed by atoms with Crippen molar-refractivity contribution < 1.29 is 4.79 Å². The molecular formula is C16H18BN5O. The zero-order valence-electron chi connectivity index (χ0n) is 13.4. The summed E-state index contributed by atoms with van der Waals surface area (Å²) in [5, 5.41) is 9.96. The molecule has 3 aromatic rings. The van der Waals surface area contributed by atoms with Gasteiger partial charge in [0, 0.05) is 23.9 Å². The maximum atomic E-state index is 12.0. The van der Waals surface area contributed by atoms with E-state index in [9.17, 15) is 4.79 Å². The molecule has 3 rings (SSSR count). The molecule has 0 saturated carbocycles. The molecule has 0 bridgehead atoms. The van der Waals surface area contributed by atoms with Gasteiger partial charge < -0.3 is 5.32 Å². The van der Waals surface area contributed by atoms with Gasteiger partial charge in [0.2, 0.25) is 0 Å². The second-order valence-electron chi connectivity index (χ2n) is 5.71. The monoisotopic (exact) mass is 307 g/mol. The average Bonchev–Trinajstić information content (AvgIpc) is 2.89. The van der Waals surface area contributed by atoms with Crippen molar-refractivity contribution in [3.8, 4) is 11.3 Å². The van der Waals surface area contributed by atoms with E-state index in [1.807, 2.05) is 58.1 Å². The summed E-state index contributed by atoms with van der Waals surface area (Å²) < 4.78 is 1.64. The third-order valence-corrected chi connectivity index (χ3v) is 3.38. The topological polar surface area (TPSA) is 71.3 Å². The Morgan fingerprint density at radius 1 is 1.26 bits per heavy atom. The third-order valence-electron chi connectivity index (χ3n) is 3.38. The molecule has 2 amide bonds. The second-order valence-corrected chi connectivity index (χ2v) is 5.71. The minimum absolute atomic E-state index is 0.0558. The van der Waals surface area contributed by atoms with Gasteiger partial charge >= 0.3 is 6.03 Å². The van der Waals surface area contributed by atoms with Crippen molar-refractivity contribution in [2.75, 3.05) is 5.32 Å². The summed E-state index contributed by atoms with van der Waals surface area (Å²) in [6.45, 7) is 3.82. The summed E-state index contributed by atoms with van der Waals surface area (Å²) in [6, 6.07) is 11.5. The molecule has 0 spiro atoms. The highest BCUT2D eigenvalue weighted by Crippen LogP contribution is 2.21. The molecule has 1 aromatic carbocycles. The molecule has 2 N–H and O–H groups in total. The van der Waals surface area contributed by atoms with Gasteiger partial charge in [-0.3, -0.25) is 5.32 Å². The van der Waals surface area contributed by atoms with Gasteiger partial charge in [0.15, 0.2) is 5.65 Å². The Morgan fingerprint density at radius 3 is 2.70 bits per heavy atom. The van der Waals surface area contributed by atoms with E-state index in [4.69, 9.17) is 0 Å². The van der Waals surface area contributed by atoms with E-state index < -0.39 is 0 Å². The zero-order chi connectivity index (χ0) is 16.4. The summed E-state index contributed by atoms with van der Waals surface area (Å²) in [6.07, 6.45) is 1.74. The van der Waals surface area contributed by atoms with Gasteiger partial charge in [0.25, 0.3) is 0 Å². The van der Waals surface area contributed by atoms with Crippen molar-refractivity contribution in [1.82, 2.24) is 19.9 Å². The van der Waals surface area contributed by atoms with Crippen LogP contribution in [-0.4, -0.2) is 34.5 Å². The number of anilines is 1. The number of nitrogens with zero attached hydrogens (tertiary/aromatic N) is 3. The normalized spacial score (nSPS) is 10.9. The van der Waals surface area contributed by atoms with Crippen molar-refractivity contribution in [3.05, 3.63) is 42.6 Å². The number of amides is 2. The van der Waals surface area contributed by atoms with E-state index in [1.165, 1.54) is 0 Å². The molecule has 0 atom stereocenters. The molecule has 0 aliphatic heterocycles. The van der Waals surface area contributed by atoms with Crippen molar-refractivity contribution >= 4 is 30.8 Å². The van der Waals surface area contributed by atoms with Gasteiger partial charge in [-0.2, -0.15) is 9.61 Å². The Kier molecular flexibility index (Phi) is 4.01. The lowest BCUT2D eigenvalue weighted by Gasteiger charge is -2.12. The molecule has 0 fully saturated rings. The molecule has 2 aromatic heterocycles. The molecule has 0 aliphatic carbocycles. The Bertz CT molecular complexity index is 844. The molecule has 0 aliphatic rings. The minimum atomic E-state index is -0.264. The second kappa shape index (κ2) is 6.12. The van der Waals surface area contributed by atoms with Crippen LogP contribution in [0.25, 0.3) is 16.9 Å². The highest BCUT2D eigenvalue weighted by atomic mass is 16.2. The first-order valence-corrected chi connectivity index (χ1v) is 7.53. The molecule has 116 valence electrons. The number of hydrogen-bond donors (Lipinski definition) is 2. The van der Waals surface area contributed by atoms with Crippen molar-refractivity contribution in [2.45, 2.75) is 19.9 Å². The first-order valence-electron chi connectivity index (χ1n) is 7.53. The minimum Gasteiger partial charge on any atom is -0.336 e. The van der Waals surface area contributed by atoms with E-state index in [0.29, 0.717) is 5.82 Å². The van der Waals surface area contributed by atoms with Gasteiger partial charge in [0.05, 0.1) is 5.69 Å². The van der Waals surface area contributed by atoms with Crippen LogP contribution in [0.15, 0.2) is 42.6 Å². The van der Waals surface area contributed by atoms with Crippen molar-refractivity contribution in [1.29, 1.82) is 0 Å². The number of carbonyl (C=O) groups excluding carboxylic acids is 1. The lowest BCUT2D eigenvalue weighted by atomic mass is 10.0. The number of fused-ring (bicyclic) bond motifs is 1. The van der Waals surface area contributed by atoms with Crippen LogP contribution in [0.1, 0.15) is 13.8 Å². The first-order chi connectivity index (χ1) is 11.0. The number of benzene rings is 1. The lowest BCUT2D eigenvalue weighted by molar-refractivity contribution is 0.250. The summed E-state index contributed by atoms with van der Waals surface area (Å²) >= 11 is 0. The molecule has 0 saturated heterocycles. The standard InChI is InChI=1S/C16H18BN5O/c1-10(2)19-16(23)21-14-8-13(11-6-4-3-5-7-11)20-15-12(17)9-18-22(14)15/h3-10H,17H2,1-2H3,(H2,19,21,23). The largest absolute Gasteiger partial charge is 0.336 e. The molecule has 2 heterocycles. The Morgan fingerprint density at radius 2 is 2.00 bits per heavy atom. The number of aromatic nitrogens is 3. The predicted molar refractivity (Wildman–Crippen MR) is 93.9 cm³/mol. The smallest absolute Gasteiger partial charge is 0.320 e. The number of carbonyl (C=O) groups is 1. The maximum Gasteiger partial charge on any atom is 0.320 e. The molecule has 6 nitrogen and oxygen atoms in total. The molecule has 0 radical (unpaired) electrons. The van der Waals surface area contributed by atoms with E-state index in [-0.39, 0.29) is 12.1 Å². The highest BCUT2D eigenvalue weighted by molar-refractivity contribution is 6.36. The first kappa shape index (κ1) is 15.1. The van der Waals surface area contributed by atoms with Crippen LogP contribution in [0.3, 0.4) is 0 Å². The molecule has 7 heteroatoms.